The van der Waals surface area contributed by atoms with Crippen LogP contribution in [0.1, 0.15) is 24.2 Å². The fraction of sp³-hybridized carbons (Fsp3) is 0.364. The van der Waals surface area contributed by atoms with Crippen LogP contribution in [0.2, 0.25) is 0 Å². The Hall–Kier alpha value is -2.54. The summed E-state index contributed by atoms with van der Waals surface area (Å²) in [6.07, 6.45) is 0. The highest BCUT2D eigenvalue weighted by molar-refractivity contribution is 9.10. The highest BCUT2D eigenvalue weighted by atomic mass is 79.9. The van der Waals surface area contributed by atoms with Gasteiger partial charge in [0.05, 0.1) is 11.6 Å². The maximum Gasteiger partial charge on any atom is 0.255 e. The van der Waals surface area contributed by atoms with E-state index in [9.17, 15) is 9.59 Å². The van der Waals surface area contributed by atoms with E-state index in [0.717, 1.165) is 42.0 Å². The van der Waals surface area contributed by atoms with Gasteiger partial charge >= 0.3 is 0 Å². The Balaban J connectivity index is 1.59. The van der Waals surface area contributed by atoms with Crippen LogP contribution in [-0.4, -0.2) is 50.0 Å². The molecule has 3 rings (SSSR count). The van der Waals surface area contributed by atoms with E-state index in [-0.39, 0.29) is 17.7 Å². The van der Waals surface area contributed by atoms with E-state index in [2.05, 4.69) is 26.1 Å². The second-order valence-electron chi connectivity index (χ2n) is 7.32. The summed E-state index contributed by atoms with van der Waals surface area (Å²) >= 11 is 3.40. The molecule has 1 aliphatic rings. The standard InChI is InChI=1S/C22H26BrN3O3/c1-15(2)22(28)26-12-10-25(11-13-26)18-7-5-17(6-8-18)24-21(27)16-4-9-20(29-3)19(23)14-16/h4-9,14-15H,10-13H2,1-3H3,(H,24,27). The molecule has 1 N–H and O–H groups in total. The monoisotopic (exact) mass is 459 g/mol. The third-order valence-corrected chi connectivity index (χ3v) is 5.61. The largest absolute Gasteiger partial charge is 0.496 e. The number of nitrogens with one attached hydrogen (secondary N) is 1. The van der Waals surface area contributed by atoms with Gasteiger partial charge in [0, 0.05) is 49.0 Å². The van der Waals surface area contributed by atoms with Crippen LogP contribution in [0.5, 0.6) is 5.75 Å². The number of benzene rings is 2. The Morgan fingerprint density at radius 3 is 2.24 bits per heavy atom. The summed E-state index contributed by atoms with van der Waals surface area (Å²) in [5.74, 6) is 0.756. The van der Waals surface area contributed by atoms with Gasteiger partial charge in [-0.1, -0.05) is 13.8 Å². The molecule has 6 nitrogen and oxygen atoms in total. The van der Waals surface area contributed by atoms with Crippen molar-refractivity contribution < 1.29 is 14.3 Å². The SMILES string of the molecule is COc1ccc(C(=O)Nc2ccc(N3CCN(C(=O)C(C)C)CC3)cc2)cc1Br. The number of hydrogen-bond acceptors (Lipinski definition) is 4. The molecule has 1 heterocycles. The fourth-order valence-electron chi connectivity index (χ4n) is 3.32. The topological polar surface area (TPSA) is 61.9 Å². The van der Waals surface area contributed by atoms with E-state index in [1.165, 1.54) is 0 Å². The van der Waals surface area contributed by atoms with E-state index in [1.54, 1.807) is 25.3 Å². The van der Waals surface area contributed by atoms with E-state index in [1.807, 2.05) is 43.0 Å². The zero-order chi connectivity index (χ0) is 21.0. The predicted octanol–water partition coefficient (Wildman–Crippen LogP) is 4.01. The van der Waals surface area contributed by atoms with Gasteiger partial charge < -0.3 is 19.9 Å². The smallest absolute Gasteiger partial charge is 0.255 e. The fourth-order valence-corrected chi connectivity index (χ4v) is 3.86. The number of piperazine rings is 1. The summed E-state index contributed by atoms with van der Waals surface area (Å²) in [7, 11) is 1.59. The van der Waals surface area contributed by atoms with Gasteiger partial charge in [-0.2, -0.15) is 0 Å². The maximum absolute atomic E-state index is 12.5. The molecule has 1 fully saturated rings. The lowest BCUT2D eigenvalue weighted by Gasteiger charge is -2.37. The van der Waals surface area contributed by atoms with Crippen LogP contribution in [0.25, 0.3) is 0 Å². The minimum absolute atomic E-state index is 0.0378. The number of amides is 2. The van der Waals surface area contributed by atoms with Crippen molar-refractivity contribution >= 4 is 39.1 Å². The van der Waals surface area contributed by atoms with Crippen LogP contribution in [-0.2, 0) is 4.79 Å². The summed E-state index contributed by atoms with van der Waals surface area (Å²) in [5, 5.41) is 2.92. The van der Waals surface area contributed by atoms with E-state index < -0.39 is 0 Å². The summed E-state index contributed by atoms with van der Waals surface area (Å²) in [6.45, 7) is 6.97. The van der Waals surface area contributed by atoms with Gasteiger partial charge in [0.2, 0.25) is 5.91 Å². The second-order valence-corrected chi connectivity index (χ2v) is 8.17. The molecule has 0 saturated carbocycles. The number of rotatable bonds is 5. The van der Waals surface area contributed by atoms with Crippen LogP contribution >= 0.6 is 15.9 Å². The van der Waals surface area contributed by atoms with Crippen LogP contribution in [0.4, 0.5) is 11.4 Å². The van der Waals surface area contributed by atoms with Gasteiger partial charge in [-0.3, -0.25) is 9.59 Å². The van der Waals surface area contributed by atoms with Crippen molar-refractivity contribution in [1.82, 2.24) is 4.90 Å². The molecule has 0 aromatic heterocycles. The number of ether oxygens (including phenoxy) is 1. The van der Waals surface area contributed by atoms with Crippen molar-refractivity contribution in [2.75, 3.05) is 43.5 Å². The molecule has 0 spiro atoms. The van der Waals surface area contributed by atoms with Crippen LogP contribution < -0.4 is 15.0 Å². The zero-order valence-electron chi connectivity index (χ0n) is 16.9. The summed E-state index contributed by atoms with van der Waals surface area (Å²) in [6, 6.07) is 13.0. The molecule has 1 aliphatic heterocycles. The van der Waals surface area contributed by atoms with Gasteiger partial charge in [-0.25, -0.2) is 0 Å². The molecular weight excluding hydrogens is 434 g/mol. The molecule has 29 heavy (non-hydrogen) atoms. The average Bonchev–Trinajstić information content (AvgIpc) is 2.73. The zero-order valence-corrected chi connectivity index (χ0v) is 18.5. The highest BCUT2D eigenvalue weighted by Crippen LogP contribution is 2.26. The van der Waals surface area contributed by atoms with Crippen LogP contribution in [0.15, 0.2) is 46.9 Å². The Kier molecular flexibility index (Phi) is 6.79. The third-order valence-electron chi connectivity index (χ3n) is 4.99. The van der Waals surface area contributed by atoms with Crippen molar-refractivity contribution in [3.63, 3.8) is 0 Å². The van der Waals surface area contributed by atoms with Crippen molar-refractivity contribution in [3.8, 4) is 5.75 Å². The second kappa shape index (κ2) is 9.31. The number of methoxy groups -OCH3 is 1. The Morgan fingerprint density at radius 2 is 1.69 bits per heavy atom. The first-order valence-electron chi connectivity index (χ1n) is 9.67. The first-order chi connectivity index (χ1) is 13.9. The number of anilines is 2. The lowest BCUT2D eigenvalue weighted by atomic mass is 10.1. The minimum atomic E-state index is -0.179. The van der Waals surface area contributed by atoms with Gasteiger partial charge in [-0.05, 0) is 58.4 Å². The molecule has 0 atom stereocenters. The molecule has 7 heteroatoms. The lowest BCUT2D eigenvalue weighted by Crippen LogP contribution is -2.49. The first-order valence-corrected chi connectivity index (χ1v) is 10.5. The quantitative estimate of drug-likeness (QED) is 0.733. The summed E-state index contributed by atoms with van der Waals surface area (Å²) < 4.78 is 5.93. The van der Waals surface area contributed by atoms with Gasteiger partial charge in [0.1, 0.15) is 5.75 Å². The normalized spacial score (nSPS) is 14.1. The van der Waals surface area contributed by atoms with E-state index in [0.29, 0.717) is 11.3 Å². The molecule has 1 saturated heterocycles. The molecule has 0 radical (unpaired) electrons. The Bertz CT molecular complexity index is 875. The van der Waals surface area contributed by atoms with Crippen molar-refractivity contribution in [2.24, 2.45) is 5.92 Å². The Morgan fingerprint density at radius 1 is 1.03 bits per heavy atom. The molecule has 0 aliphatic carbocycles. The van der Waals surface area contributed by atoms with Gasteiger partial charge in [-0.15, -0.1) is 0 Å². The van der Waals surface area contributed by atoms with Crippen molar-refractivity contribution in [3.05, 3.63) is 52.5 Å². The highest BCUT2D eigenvalue weighted by Gasteiger charge is 2.22. The molecular formula is C22H26BrN3O3. The summed E-state index contributed by atoms with van der Waals surface area (Å²) in [4.78, 5) is 28.8. The number of nitrogens with zero attached hydrogens (tertiary/aromatic N) is 2. The van der Waals surface area contributed by atoms with Gasteiger partial charge in [0.25, 0.3) is 5.91 Å². The maximum atomic E-state index is 12.5. The lowest BCUT2D eigenvalue weighted by molar-refractivity contribution is -0.134. The third kappa shape index (κ3) is 5.09. The summed E-state index contributed by atoms with van der Waals surface area (Å²) in [5.41, 5.74) is 2.37. The average molecular weight is 460 g/mol. The van der Waals surface area contributed by atoms with Gasteiger partial charge in [0.15, 0.2) is 0 Å². The molecule has 2 amide bonds. The van der Waals surface area contributed by atoms with Crippen LogP contribution in [0.3, 0.4) is 0 Å². The number of carbonyl (C=O) groups is 2. The minimum Gasteiger partial charge on any atom is -0.496 e. The predicted molar refractivity (Wildman–Crippen MR) is 119 cm³/mol. The van der Waals surface area contributed by atoms with Crippen molar-refractivity contribution in [1.29, 1.82) is 0 Å². The Labute approximate surface area is 180 Å². The number of halogens is 1. The molecule has 2 aromatic carbocycles. The molecule has 2 aromatic rings. The first kappa shape index (κ1) is 21.2. The van der Waals surface area contributed by atoms with E-state index in [4.69, 9.17) is 4.74 Å². The van der Waals surface area contributed by atoms with E-state index >= 15 is 0 Å². The number of hydrogen-bond donors (Lipinski definition) is 1. The van der Waals surface area contributed by atoms with Crippen molar-refractivity contribution in [2.45, 2.75) is 13.8 Å². The number of carbonyl (C=O) groups excluding carboxylic acids is 2. The van der Waals surface area contributed by atoms with Crippen LogP contribution in [0, 0.1) is 5.92 Å². The molecule has 0 bridgehead atoms. The molecule has 0 unspecified atom stereocenters. The molecule has 154 valence electrons.